The van der Waals surface area contributed by atoms with Gasteiger partial charge in [-0.15, -0.1) is 0 Å². The molecule has 316 valence electrons. The van der Waals surface area contributed by atoms with Crippen LogP contribution in [-0.4, -0.2) is 105 Å². The monoisotopic (exact) mass is 857 g/mol. The molecule has 17 nitrogen and oxygen atoms in total. The van der Waals surface area contributed by atoms with Gasteiger partial charge in [-0.05, 0) is 43.3 Å². The number of carboxylic acids is 1. The summed E-state index contributed by atoms with van der Waals surface area (Å²) in [5.41, 5.74) is 6.92. The number of ketones is 1. The minimum Gasteiger partial charge on any atom is -0.475 e. The molecule has 2 amide bonds. The molecule has 2 saturated heterocycles. The van der Waals surface area contributed by atoms with Gasteiger partial charge in [0.2, 0.25) is 17.6 Å². The van der Waals surface area contributed by atoms with Gasteiger partial charge >= 0.3 is 5.97 Å². The molecule has 2 aliphatic heterocycles. The third kappa shape index (κ3) is 12.4. The lowest BCUT2D eigenvalue weighted by Crippen LogP contribution is -2.39. The van der Waals surface area contributed by atoms with Crippen LogP contribution in [0, 0.1) is 29.6 Å². The average molecular weight is 858 g/mol. The highest BCUT2D eigenvalue weighted by Gasteiger charge is 2.48. The normalized spacial score (nSPS) is 17.5. The van der Waals surface area contributed by atoms with Gasteiger partial charge in [-0.2, -0.15) is 18.9 Å². The van der Waals surface area contributed by atoms with Gasteiger partial charge in [-0.3, -0.25) is 28.9 Å². The number of halogens is 4. The number of pyridine rings is 2. The summed E-state index contributed by atoms with van der Waals surface area (Å²) in [4.78, 5) is 54.9. The first-order chi connectivity index (χ1) is 28.2. The van der Waals surface area contributed by atoms with Gasteiger partial charge in [0.25, 0.3) is 22.0 Å². The lowest BCUT2D eigenvalue weighted by Gasteiger charge is -2.18. The highest BCUT2D eigenvalue weighted by atomic mass is 32.2. The van der Waals surface area contributed by atoms with Crippen LogP contribution in [0.25, 0.3) is 21.9 Å². The van der Waals surface area contributed by atoms with Crippen molar-refractivity contribution in [3.05, 3.63) is 90.4 Å². The number of aryl methyl sites for hydroxylation is 1. The van der Waals surface area contributed by atoms with Gasteiger partial charge in [0.15, 0.2) is 22.7 Å². The molecule has 22 heteroatoms. The van der Waals surface area contributed by atoms with Crippen molar-refractivity contribution in [3.63, 3.8) is 0 Å². The number of nitriles is 2. The molecule has 6 heterocycles. The molecule has 0 spiro atoms. The predicted octanol–water partition coefficient (Wildman–Crippen LogP) is 5.02. The van der Waals surface area contributed by atoms with Crippen molar-refractivity contribution in [3.8, 4) is 12.1 Å². The number of alkyl halides is 4. The summed E-state index contributed by atoms with van der Waals surface area (Å²) in [6.45, 7) is 0.0256. The standard InChI is InChI=1S/C16H13F2N3O3.C8H5NO3.C7H9F2N3O.C7H8O3S/c17-16(18)6-11(7-19)21(9-16)15(23)2-1-12(22)13-5-10-3-4-20-8-14(10)24-13;10-8(11)6-3-5-1-2-9-4-7(5)12-6;8-7(9)1-5(2-10)12(4-7)6(13)3-11;1-6-2-4-7(5-3-6)11(8,9)10/h3-5,8,11H,1-2,6,9H2;1-4H,(H,10,11);5H,1,3-4,11H2;2-5H,1H3,(H,8,9,10)/t11-;;5-;/m0.0./s1. The summed E-state index contributed by atoms with van der Waals surface area (Å²) in [6.07, 6.45) is 4.43. The van der Waals surface area contributed by atoms with Crippen LogP contribution in [0.1, 0.15) is 52.4 Å². The number of amides is 2. The number of fused-ring (bicyclic) bond motifs is 2. The summed E-state index contributed by atoms with van der Waals surface area (Å²) in [7, 11) is -4.02. The Labute approximate surface area is 338 Å². The van der Waals surface area contributed by atoms with Crippen molar-refractivity contribution in [2.75, 3.05) is 19.6 Å². The zero-order chi connectivity index (χ0) is 44.4. The molecule has 1 aromatic carbocycles. The number of Topliss-reactive ketones (excluding diaryl/α,β-unsaturated/α-hetero) is 1. The molecule has 2 fully saturated rings. The first-order valence-corrected chi connectivity index (χ1v) is 18.9. The van der Waals surface area contributed by atoms with Crippen molar-refractivity contribution in [1.29, 1.82) is 10.5 Å². The number of hydrogen-bond acceptors (Lipinski definition) is 13. The van der Waals surface area contributed by atoms with Gasteiger partial charge in [0.05, 0.1) is 49.1 Å². The Balaban J connectivity index is 0.000000188. The van der Waals surface area contributed by atoms with E-state index in [0.717, 1.165) is 20.7 Å². The van der Waals surface area contributed by atoms with E-state index in [1.54, 1.807) is 54.9 Å². The second-order valence-electron chi connectivity index (χ2n) is 13.2. The predicted molar refractivity (Wildman–Crippen MR) is 200 cm³/mol. The lowest BCUT2D eigenvalue weighted by atomic mass is 10.1. The Hall–Kier alpha value is -6.75. The zero-order valence-electron chi connectivity index (χ0n) is 31.4. The second kappa shape index (κ2) is 19.3. The molecule has 0 bridgehead atoms. The maximum absolute atomic E-state index is 13.3. The van der Waals surface area contributed by atoms with E-state index in [0.29, 0.717) is 16.6 Å². The highest BCUT2D eigenvalue weighted by Crippen LogP contribution is 2.33. The number of carboxylic acid groups (broad SMARTS) is 1. The molecule has 4 aromatic heterocycles. The Morgan fingerprint density at radius 1 is 0.817 bits per heavy atom. The van der Waals surface area contributed by atoms with E-state index in [9.17, 15) is 45.2 Å². The molecule has 4 N–H and O–H groups in total. The topological polar surface area (TPSA) is 275 Å². The number of likely N-dealkylation sites (tertiary alicyclic amines) is 2. The number of carbonyl (C=O) groups excluding carboxylic acids is 3. The third-order valence-electron chi connectivity index (χ3n) is 8.67. The number of benzene rings is 1. The molecule has 60 heavy (non-hydrogen) atoms. The van der Waals surface area contributed by atoms with Crippen LogP contribution in [0.5, 0.6) is 0 Å². The highest BCUT2D eigenvalue weighted by molar-refractivity contribution is 7.85. The van der Waals surface area contributed by atoms with E-state index in [2.05, 4.69) is 9.97 Å². The van der Waals surface area contributed by atoms with E-state index < -0.39 is 83.5 Å². The number of furan rings is 2. The first kappa shape index (κ1) is 45.9. The molecule has 0 aliphatic carbocycles. The fraction of sp³-hybridized carbons (Fsp3) is 0.316. The van der Waals surface area contributed by atoms with Crippen molar-refractivity contribution in [2.24, 2.45) is 5.73 Å². The first-order valence-electron chi connectivity index (χ1n) is 17.5. The van der Waals surface area contributed by atoms with Crippen LogP contribution in [0.3, 0.4) is 0 Å². The van der Waals surface area contributed by atoms with E-state index in [1.165, 1.54) is 30.6 Å². The minimum atomic E-state index is -4.02. The summed E-state index contributed by atoms with van der Waals surface area (Å²) in [5, 5.41) is 27.4. The van der Waals surface area contributed by atoms with Crippen molar-refractivity contribution >= 4 is 55.6 Å². The van der Waals surface area contributed by atoms with Crippen molar-refractivity contribution < 1.29 is 63.7 Å². The van der Waals surface area contributed by atoms with Crippen LogP contribution >= 0.6 is 0 Å². The maximum Gasteiger partial charge on any atom is 0.371 e. The summed E-state index contributed by atoms with van der Waals surface area (Å²) < 4.78 is 92.0. The molecule has 0 radical (unpaired) electrons. The van der Waals surface area contributed by atoms with Crippen LogP contribution in [0.4, 0.5) is 17.6 Å². The van der Waals surface area contributed by atoms with Crippen molar-refractivity contribution in [2.45, 2.75) is 61.4 Å². The van der Waals surface area contributed by atoms with E-state index in [4.69, 9.17) is 34.8 Å². The summed E-state index contributed by atoms with van der Waals surface area (Å²) in [6, 6.07) is 13.6. The van der Waals surface area contributed by atoms with E-state index in [-0.39, 0.29) is 35.8 Å². The molecular formula is C38H35F4N7O10S. The van der Waals surface area contributed by atoms with Gasteiger partial charge in [0.1, 0.15) is 12.1 Å². The molecular weight excluding hydrogens is 823 g/mol. The van der Waals surface area contributed by atoms with Gasteiger partial charge in [0, 0.05) is 48.8 Å². The largest absolute Gasteiger partial charge is 0.475 e. The number of aromatic nitrogens is 2. The molecule has 7 rings (SSSR count). The fourth-order valence-corrected chi connectivity index (χ4v) is 6.20. The van der Waals surface area contributed by atoms with Crippen molar-refractivity contribution in [1.82, 2.24) is 19.8 Å². The lowest BCUT2D eigenvalue weighted by molar-refractivity contribution is -0.132. The molecule has 2 atom stereocenters. The molecule has 5 aromatic rings. The Kier molecular flexibility index (Phi) is 14.8. The minimum absolute atomic E-state index is 0.0574. The summed E-state index contributed by atoms with van der Waals surface area (Å²) >= 11 is 0. The summed E-state index contributed by atoms with van der Waals surface area (Å²) in [5.74, 6) is -8.69. The second-order valence-corrected chi connectivity index (χ2v) is 14.6. The SMILES string of the molecule is Cc1ccc(S(=O)(=O)O)cc1.N#C[C@@H]1CC(F)(F)CN1C(=O)CCC(=O)c1cc2ccncc2o1.N#C[C@@H]1CC(F)(F)CN1C(=O)CN.O=C(O)c1cc2ccncc2o1. The van der Waals surface area contributed by atoms with Gasteiger partial charge < -0.3 is 29.5 Å². The number of hydrogen-bond donors (Lipinski definition) is 3. The van der Waals surface area contributed by atoms with Crippen LogP contribution in [-0.2, 0) is 19.7 Å². The number of aromatic carboxylic acids is 1. The van der Waals surface area contributed by atoms with E-state index >= 15 is 0 Å². The number of nitrogens with zero attached hydrogens (tertiary/aromatic N) is 6. The molecule has 2 aliphatic rings. The molecule has 0 unspecified atom stereocenters. The van der Waals surface area contributed by atoms with Crippen LogP contribution in [0.15, 0.2) is 87.0 Å². The Bertz CT molecular complexity index is 2490. The average Bonchev–Trinajstić information content (AvgIpc) is 3.99. The van der Waals surface area contributed by atoms with Gasteiger partial charge in [-0.25, -0.2) is 22.4 Å². The Morgan fingerprint density at radius 2 is 1.28 bits per heavy atom. The van der Waals surface area contributed by atoms with Crippen LogP contribution in [0.2, 0.25) is 0 Å². The van der Waals surface area contributed by atoms with E-state index in [1.807, 2.05) is 6.92 Å². The molecule has 0 saturated carbocycles. The number of rotatable bonds is 7. The Morgan fingerprint density at radius 3 is 1.72 bits per heavy atom. The fourth-order valence-electron chi connectivity index (χ4n) is 5.72. The quantitative estimate of drug-likeness (QED) is 0.110. The van der Waals surface area contributed by atoms with Gasteiger partial charge in [-0.1, -0.05) is 17.7 Å². The third-order valence-corrected chi connectivity index (χ3v) is 9.54. The zero-order valence-corrected chi connectivity index (χ0v) is 32.2. The van der Waals surface area contributed by atoms with Crippen LogP contribution < -0.4 is 5.73 Å². The number of carbonyl (C=O) groups is 4. The number of nitrogens with two attached hydrogens (primary N) is 1. The smallest absolute Gasteiger partial charge is 0.371 e. The maximum atomic E-state index is 13.3.